The quantitative estimate of drug-likeness (QED) is 0.267. The smallest absolute Gasteiger partial charge is 0.411 e. The fraction of sp³-hybridized carbons (Fsp3) is 0.323. The van der Waals surface area contributed by atoms with Crippen molar-refractivity contribution >= 4 is 23.7 Å². The molecule has 0 aliphatic carbocycles. The zero-order valence-corrected chi connectivity index (χ0v) is 22.4. The van der Waals surface area contributed by atoms with Gasteiger partial charge in [0, 0.05) is 17.7 Å². The number of hydrogen-bond donors (Lipinski definition) is 3. The number of benzene rings is 3. The first-order valence-electron chi connectivity index (χ1n) is 12.8. The molecule has 0 aliphatic rings. The van der Waals surface area contributed by atoms with Gasteiger partial charge in [-0.1, -0.05) is 79.6 Å². The number of carboxylic acid groups (broad SMARTS) is 1. The van der Waals surface area contributed by atoms with Gasteiger partial charge in [-0.3, -0.25) is 14.9 Å². The van der Waals surface area contributed by atoms with Gasteiger partial charge in [0.05, 0.1) is 6.04 Å². The number of nitrogens with one attached hydrogen (secondary N) is 2. The number of aliphatic carboxylic acids is 1. The molecule has 38 heavy (non-hydrogen) atoms. The molecule has 3 rings (SSSR count). The molecule has 7 nitrogen and oxygen atoms in total. The second kappa shape index (κ2) is 13.4. The zero-order chi connectivity index (χ0) is 27.7. The number of carboxylic acids is 1. The van der Waals surface area contributed by atoms with Crippen LogP contribution >= 0.6 is 0 Å². The third-order valence-electron chi connectivity index (χ3n) is 6.08. The monoisotopic (exact) mass is 516 g/mol. The predicted octanol–water partition coefficient (Wildman–Crippen LogP) is 6.59. The second-order valence-electron chi connectivity index (χ2n) is 10.0. The molecule has 1 unspecified atom stereocenters. The van der Waals surface area contributed by atoms with E-state index in [0.29, 0.717) is 22.7 Å². The average molecular weight is 517 g/mol. The molecule has 3 N–H and O–H groups in total. The highest BCUT2D eigenvalue weighted by atomic mass is 16.5. The van der Waals surface area contributed by atoms with Gasteiger partial charge < -0.3 is 15.2 Å². The van der Waals surface area contributed by atoms with Crippen molar-refractivity contribution < 1.29 is 24.2 Å². The van der Waals surface area contributed by atoms with Gasteiger partial charge in [0.25, 0.3) is 5.91 Å². The lowest BCUT2D eigenvalue weighted by Crippen LogP contribution is -2.30. The summed E-state index contributed by atoms with van der Waals surface area (Å²) in [6, 6.07) is 20.2. The maximum Gasteiger partial charge on any atom is 0.411 e. The largest absolute Gasteiger partial charge is 0.481 e. The third-order valence-corrected chi connectivity index (χ3v) is 6.08. The van der Waals surface area contributed by atoms with Crippen molar-refractivity contribution in [3.63, 3.8) is 0 Å². The summed E-state index contributed by atoms with van der Waals surface area (Å²) in [6.07, 6.45) is 0.169. The second-order valence-corrected chi connectivity index (χ2v) is 10.0. The van der Waals surface area contributed by atoms with E-state index in [2.05, 4.69) is 42.7 Å². The van der Waals surface area contributed by atoms with Gasteiger partial charge in [-0.2, -0.15) is 0 Å². The summed E-state index contributed by atoms with van der Waals surface area (Å²) in [7, 11) is 0. The van der Waals surface area contributed by atoms with E-state index in [1.807, 2.05) is 44.2 Å². The molecule has 3 aromatic rings. The minimum absolute atomic E-state index is 0.112. The molecule has 0 spiro atoms. The van der Waals surface area contributed by atoms with Crippen LogP contribution in [0.25, 0.3) is 0 Å². The molecule has 3 aromatic carbocycles. The van der Waals surface area contributed by atoms with Crippen molar-refractivity contribution in [1.82, 2.24) is 5.32 Å². The zero-order valence-electron chi connectivity index (χ0n) is 22.4. The molecule has 0 fully saturated rings. The third kappa shape index (κ3) is 8.76. The van der Waals surface area contributed by atoms with Gasteiger partial charge in [-0.25, -0.2) is 4.79 Å². The van der Waals surface area contributed by atoms with E-state index in [1.165, 1.54) is 0 Å². The van der Waals surface area contributed by atoms with Crippen LogP contribution in [0.5, 0.6) is 0 Å². The van der Waals surface area contributed by atoms with Crippen molar-refractivity contribution in [3.8, 4) is 0 Å². The van der Waals surface area contributed by atoms with Crippen LogP contribution in [0.3, 0.4) is 0 Å². The summed E-state index contributed by atoms with van der Waals surface area (Å²) < 4.78 is 5.30. The van der Waals surface area contributed by atoms with Crippen molar-refractivity contribution in [2.24, 2.45) is 5.92 Å². The Morgan fingerprint density at radius 1 is 0.921 bits per heavy atom. The van der Waals surface area contributed by atoms with Gasteiger partial charge >= 0.3 is 12.1 Å². The van der Waals surface area contributed by atoms with Gasteiger partial charge in [-0.15, -0.1) is 0 Å². The number of amides is 2. The first kappa shape index (κ1) is 28.4. The van der Waals surface area contributed by atoms with E-state index in [9.17, 15) is 19.5 Å². The van der Waals surface area contributed by atoms with Gasteiger partial charge in [-0.05, 0) is 61.4 Å². The Balaban J connectivity index is 1.83. The lowest BCUT2D eigenvalue weighted by atomic mass is 9.93. The lowest BCUT2D eigenvalue weighted by Gasteiger charge is -2.23. The molecule has 0 saturated carbocycles. The average Bonchev–Trinajstić information content (AvgIpc) is 2.86. The number of ether oxygens (including phenoxy) is 1. The number of anilines is 1. The van der Waals surface area contributed by atoms with E-state index in [4.69, 9.17) is 4.74 Å². The SMILES string of the molecule is Cc1cc(C)cc(C(CC(C)C)NC(=O)c2cc(NC(=O)OCc3ccccc3)ccc2CCC(=O)O)c1. The van der Waals surface area contributed by atoms with E-state index in [-0.39, 0.29) is 31.4 Å². The minimum atomic E-state index is -0.948. The van der Waals surface area contributed by atoms with Crippen molar-refractivity contribution in [2.45, 2.75) is 59.6 Å². The number of hydrogen-bond acceptors (Lipinski definition) is 4. The molecule has 0 aliphatic heterocycles. The molecule has 0 aromatic heterocycles. The topological polar surface area (TPSA) is 105 Å². The van der Waals surface area contributed by atoms with Crippen LogP contribution in [0.4, 0.5) is 10.5 Å². The fourth-order valence-electron chi connectivity index (χ4n) is 4.40. The fourth-order valence-corrected chi connectivity index (χ4v) is 4.40. The summed E-state index contributed by atoms with van der Waals surface area (Å²) in [5.41, 5.74) is 5.42. The highest BCUT2D eigenvalue weighted by molar-refractivity contribution is 5.98. The van der Waals surface area contributed by atoms with Gasteiger partial charge in [0.2, 0.25) is 0 Å². The minimum Gasteiger partial charge on any atom is -0.481 e. The van der Waals surface area contributed by atoms with E-state index >= 15 is 0 Å². The maximum atomic E-state index is 13.6. The van der Waals surface area contributed by atoms with Crippen LogP contribution in [-0.2, 0) is 22.6 Å². The van der Waals surface area contributed by atoms with Gasteiger partial charge in [0.15, 0.2) is 0 Å². The Labute approximate surface area is 224 Å². The Kier molecular flexibility index (Phi) is 10.0. The van der Waals surface area contributed by atoms with Crippen LogP contribution in [0.1, 0.15) is 70.9 Å². The standard InChI is InChI=1S/C31H36N2O5/c1-20(2)14-28(25-16-21(3)15-22(4)17-25)33-30(36)27-18-26(12-10-24(27)11-13-29(34)35)32-31(37)38-19-23-8-6-5-7-9-23/h5-10,12,15-18,20,28H,11,13-14,19H2,1-4H3,(H,32,37)(H,33,36)(H,34,35). The highest BCUT2D eigenvalue weighted by Gasteiger charge is 2.21. The lowest BCUT2D eigenvalue weighted by molar-refractivity contribution is -0.136. The molecule has 0 bridgehead atoms. The molecular weight excluding hydrogens is 480 g/mol. The number of carbonyl (C=O) groups excluding carboxylic acids is 2. The Morgan fingerprint density at radius 2 is 1.61 bits per heavy atom. The van der Waals surface area contributed by atoms with Crippen LogP contribution in [0.15, 0.2) is 66.7 Å². The first-order valence-corrected chi connectivity index (χ1v) is 12.8. The number of carbonyl (C=O) groups is 3. The van der Waals surface area contributed by atoms with Crippen molar-refractivity contribution in [2.75, 3.05) is 5.32 Å². The van der Waals surface area contributed by atoms with Crippen molar-refractivity contribution in [3.05, 3.63) is 100 Å². The predicted molar refractivity (Wildman–Crippen MR) is 148 cm³/mol. The van der Waals surface area contributed by atoms with Crippen LogP contribution in [0.2, 0.25) is 0 Å². The molecule has 0 saturated heterocycles. The molecule has 200 valence electrons. The van der Waals surface area contributed by atoms with E-state index in [1.54, 1.807) is 18.2 Å². The Hall–Kier alpha value is -4.13. The first-order chi connectivity index (χ1) is 18.1. The molecule has 2 amide bonds. The van der Waals surface area contributed by atoms with Crippen LogP contribution in [-0.4, -0.2) is 23.1 Å². The van der Waals surface area contributed by atoms with Crippen LogP contribution < -0.4 is 10.6 Å². The van der Waals surface area contributed by atoms with Gasteiger partial charge in [0.1, 0.15) is 6.61 Å². The summed E-state index contributed by atoms with van der Waals surface area (Å²) >= 11 is 0. The molecule has 0 heterocycles. The van der Waals surface area contributed by atoms with Crippen LogP contribution in [0, 0.1) is 19.8 Å². The number of aryl methyl sites for hydroxylation is 3. The number of rotatable bonds is 11. The molecule has 1 atom stereocenters. The van der Waals surface area contributed by atoms with E-state index < -0.39 is 12.1 Å². The summed E-state index contributed by atoms with van der Waals surface area (Å²) in [4.78, 5) is 37.2. The highest BCUT2D eigenvalue weighted by Crippen LogP contribution is 2.26. The summed E-state index contributed by atoms with van der Waals surface area (Å²) in [6.45, 7) is 8.38. The maximum absolute atomic E-state index is 13.6. The Morgan fingerprint density at radius 3 is 2.24 bits per heavy atom. The molecular formula is C31H36N2O5. The van der Waals surface area contributed by atoms with E-state index in [0.717, 1.165) is 28.7 Å². The van der Waals surface area contributed by atoms with Crippen molar-refractivity contribution in [1.29, 1.82) is 0 Å². The summed E-state index contributed by atoms with van der Waals surface area (Å²) in [5.74, 6) is -0.938. The summed E-state index contributed by atoms with van der Waals surface area (Å²) in [5, 5.41) is 15.0. The molecule has 0 radical (unpaired) electrons. The normalized spacial score (nSPS) is 11.6. The molecule has 7 heteroatoms. The Bertz CT molecular complexity index is 1250.